The van der Waals surface area contributed by atoms with Crippen molar-refractivity contribution >= 4 is 5.91 Å². The largest absolute Gasteiger partial charge is 0.441 e. The zero-order valence-corrected chi connectivity index (χ0v) is 16.0. The number of rotatable bonds is 11. The molecule has 3 N–H and O–H groups in total. The zero-order valence-electron chi connectivity index (χ0n) is 16.0. The summed E-state index contributed by atoms with van der Waals surface area (Å²) in [5.74, 6) is 1.90. The van der Waals surface area contributed by atoms with Crippen molar-refractivity contribution in [1.82, 2.24) is 10.3 Å². The molecule has 142 valence electrons. The maximum absolute atomic E-state index is 11.9. The van der Waals surface area contributed by atoms with Gasteiger partial charge in [-0.2, -0.15) is 0 Å². The van der Waals surface area contributed by atoms with Crippen molar-refractivity contribution in [2.24, 2.45) is 5.73 Å². The second-order valence-corrected chi connectivity index (χ2v) is 6.95. The number of unbranched alkanes of at least 4 members (excludes halogenated alkanes) is 3. The quantitative estimate of drug-likeness (QED) is 0.595. The van der Waals surface area contributed by atoms with E-state index in [1.54, 1.807) is 6.20 Å². The average Bonchev–Trinajstić information content (AvgIpc) is 3.12. The van der Waals surface area contributed by atoms with Gasteiger partial charge in [-0.1, -0.05) is 51.0 Å². The first kappa shape index (κ1) is 20.2. The molecule has 0 spiro atoms. The van der Waals surface area contributed by atoms with Crippen molar-refractivity contribution in [3.8, 4) is 11.3 Å². The van der Waals surface area contributed by atoms with Gasteiger partial charge in [-0.15, -0.1) is 0 Å². The number of nitrogens with one attached hydrogen (secondary N) is 1. The Morgan fingerprint density at radius 1 is 1.15 bits per heavy atom. The second-order valence-electron chi connectivity index (χ2n) is 6.95. The average molecular weight is 357 g/mol. The number of aryl methyl sites for hydroxylation is 1. The fourth-order valence-corrected chi connectivity index (χ4v) is 2.75. The molecule has 0 radical (unpaired) electrons. The second kappa shape index (κ2) is 10.8. The number of benzene rings is 1. The highest BCUT2D eigenvalue weighted by atomic mass is 16.4. The molecule has 5 heteroatoms. The van der Waals surface area contributed by atoms with Crippen LogP contribution in [0.2, 0.25) is 0 Å². The van der Waals surface area contributed by atoms with Crippen molar-refractivity contribution in [3.63, 3.8) is 0 Å². The van der Waals surface area contributed by atoms with Gasteiger partial charge in [-0.05, 0) is 30.9 Å². The first-order valence-electron chi connectivity index (χ1n) is 9.62. The number of hydrogen-bond donors (Lipinski definition) is 2. The van der Waals surface area contributed by atoms with E-state index in [0.717, 1.165) is 50.1 Å². The third-order valence-electron chi connectivity index (χ3n) is 4.43. The minimum atomic E-state index is 0.0462. The molecule has 0 saturated carbocycles. The van der Waals surface area contributed by atoms with E-state index in [0.29, 0.717) is 24.7 Å². The van der Waals surface area contributed by atoms with Crippen LogP contribution in [0.4, 0.5) is 0 Å². The van der Waals surface area contributed by atoms with E-state index in [9.17, 15) is 4.79 Å². The lowest BCUT2D eigenvalue weighted by Crippen LogP contribution is -2.24. The molecule has 26 heavy (non-hydrogen) atoms. The predicted octanol–water partition coefficient (Wildman–Crippen LogP) is 4.03. The summed E-state index contributed by atoms with van der Waals surface area (Å²) >= 11 is 0. The SMILES string of the molecule is CC(C)c1ccc(-c2cnc(CCC(=O)NCCCCCCN)o2)cc1. The van der Waals surface area contributed by atoms with Crippen molar-refractivity contribution in [2.75, 3.05) is 13.1 Å². The van der Waals surface area contributed by atoms with Crippen molar-refractivity contribution in [2.45, 2.75) is 58.3 Å². The minimum absolute atomic E-state index is 0.0462. The van der Waals surface area contributed by atoms with Crippen LogP contribution in [-0.2, 0) is 11.2 Å². The number of hydrogen-bond acceptors (Lipinski definition) is 4. The normalized spacial score (nSPS) is 11.1. The van der Waals surface area contributed by atoms with Gasteiger partial charge in [0.1, 0.15) is 0 Å². The summed E-state index contributed by atoms with van der Waals surface area (Å²) in [6.45, 7) is 5.81. The molecule has 1 amide bonds. The highest BCUT2D eigenvalue weighted by Gasteiger charge is 2.09. The number of carbonyl (C=O) groups is 1. The number of oxazole rings is 1. The van der Waals surface area contributed by atoms with Gasteiger partial charge in [0.2, 0.25) is 5.91 Å². The van der Waals surface area contributed by atoms with Gasteiger partial charge in [0.25, 0.3) is 0 Å². The van der Waals surface area contributed by atoms with Crippen LogP contribution in [0.25, 0.3) is 11.3 Å². The maximum Gasteiger partial charge on any atom is 0.220 e. The maximum atomic E-state index is 11.9. The van der Waals surface area contributed by atoms with E-state index in [1.165, 1.54) is 5.56 Å². The Hall–Kier alpha value is -2.14. The Balaban J connectivity index is 1.73. The van der Waals surface area contributed by atoms with Gasteiger partial charge in [0.05, 0.1) is 6.20 Å². The number of carbonyl (C=O) groups excluding carboxylic acids is 1. The molecule has 0 aliphatic rings. The fourth-order valence-electron chi connectivity index (χ4n) is 2.75. The molecule has 5 nitrogen and oxygen atoms in total. The summed E-state index contributed by atoms with van der Waals surface area (Å²) in [7, 11) is 0. The lowest BCUT2D eigenvalue weighted by Gasteiger charge is -2.05. The van der Waals surface area contributed by atoms with Crippen LogP contribution in [0.5, 0.6) is 0 Å². The number of nitrogens with two attached hydrogens (primary N) is 1. The van der Waals surface area contributed by atoms with Crippen molar-refractivity contribution in [3.05, 3.63) is 41.9 Å². The molecule has 1 heterocycles. The summed E-state index contributed by atoms with van der Waals surface area (Å²) in [6.07, 6.45) is 6.94. The minimum Gasteiger partial charge on any atom is -0.441 e. The summed E-state index contributed by atoms with van der Waals surface area (Å²) in [6, 6.07) is 8.33. The Labute approximate surface area is 156 Å². The van der Waals surface area contributed by atoms with Crippen LogP contribution in [0, 0.1) is 0 Å². The molecule has 0 saturated heterocycles. The van der Waals surface area contributed by atoms with Gasteiger partial charge in [-0.3, -0.25) is 4.79 Å². The van der Waals surface area contributed by atoms with Gasteiger partial charge in [0, 0.05) is 24.9 Å². The molecular weight excluding hydrogens is 326 g/mol. The first-order chi connectivity index (χ1) is 12.6. The van der Waals surface area contributed by atoms with E-state index in [4.69, 9.17) is 10.2 Å². The van der Waals surface area contributed by atoms with Crippen LogP contribution < -0.4 is 11.1 Å². The predicted molar refractivity (Wildman–Crippen MR) is 105 cm³/mol. The van der Waals surface area contributed by atoms with Crippen molar-refractivity contribution < 1.29 is 9.21 Å². The molecule has 2 rings (SSSR count). The number of aromatic nitrogens is 1. The molecule has 0 aliphatic heterocycles. The molecule has 0 fully saturated rings. The highest BCUT2D eigenvalue weighted by Crippen LogP contribution is 2.23. The van der Waals surface area contributed by atoms with Gasteiger partial charge < -0.3 is 15.5 Å². The zero-order chi connectivity index (χ0) is 18.8. The van der Waals surface area contributed by atoms with Crippen molar-refractivity contribution in [1.29, 1.82) is 0 Å². The third kappa shape index (κ3) is 6.64. The summed E-state index contributed by atoms with van der Waals surface area (Å²) < 4.78 is 5.79. The van der Waals surface area contributed by atoms with Crippen LogP contribution in [-0.4, -0.2) is 24.0 Å². The first-order valence-corrected chi connectivity index (χ1v) is 9.62. The molecule has 1 aromatic heterocycles. The molecule has 0 aliphatic carbocycles. The van der Waals surface area contributed by atoms with Crippen LogP contribution in [0.1, 0.15) is 63.3 Å². The monoisotopic (exact) mass is 357 g/mol. The fraction of sp³-hybridized carbons (Fsp3) is 0.524. The van der Waals surface area contributed by atoms with E-state index >= 15 is 0 Å². The molecule has 0 atom stereocenters. The highest BCUT2D eigenvalue weighted by molar-refractivity contribution is 5.76. The Bertz CT molecular complexity index is 662. The molecular formula is C21H31N3O2. The lowest BCUT2D eigenvalue weighted by atomic mass is 10.0. The summed E-state index contributed by atoms with van der Waals surface area (Å²) in [5, 5.41) is 2.95. The summed E-state index contributed by atoms with van der Waals surface area (Å²) in [4.78, 5) is 16.2. The van der Waals surface area contributed by atoms with E-state index in [-0.39, 0.29) is 5.91 Å². The Morgan fingerprint density at radius 2 is 1.88 bits per heavy atom. The lowest BCUT2D eigenvalue weighted by molar-refractivity contribution is -0.121. The standard InChI is InChI=1S/C21H31N3O2/c1-16(2)17-7-9-18(10-8-17)19-15-24-21(26-19)12-11-20(25)23-14-6-4-3-5-13-22/h7-10,15-16H,3-6,11-14,22H2,1-2H3,(H,23,25). The van der Waals surface area contributed by atoms with E-state index in [2.05, 4.69) is 48.4 Å². The molecule has 0 bridgehead atoms. The molecule has 1 aromatic carbocycles. The Morgan fingerprint density at radius 3 is 2.58 bits per heavy atom. The molecule has 0 unspecified atom stereocenters. The van der Waals surface area contributed by atoms with Gasteiger partial charge in [0.15, 0.2) is 11.7 Å². The number of amides is 1. The van der Waals surface area contributed by atoms with Gasteiger partial charge >= 0.3 is 0 Å². The summed E-state index contributed by atoms with van der Waals surface area (Å²) in [5.41, 5.74) is 7.77. The van der Waals surface area contributed by atoms with Crippen LogP contribution in [0.15, 0.2) is 34.9 Å². The van der Waals surface area contributed by atoms with E-state index in [1.807, 2.05) is 0 Å². The Kier molecular flexibility index (Phi) is 8.35. The number of nitrogens with zero attached hydrogens (tertiary/aromatic N) is 1. The molecule has 2 aromatic rings. The van der Waals surface area contributed by atoms with E-state index < -0.39 is 0 Å². The third-order valence-corrected chi connectivity index (χ3v) is 4.43. The van der Waals surface area contributed by atoms with Crippen LogP contribution >= 0.6 is 0 Å². The van der Waals surface area contributed by atoms with Crippen LogP contribution in [0.3, 0.4) is 0 Å². The topological polar surface area (TPSA) is 81.2 Å². The van der Waals surface area contributed by atoms with Gasteiger partial charge in [-0.25, -0.2) is 4.98 Å². The smallest absolute Gasteiger partial charge is 0.220 e.